The summed E-state index contributed by atoms with van der Waals surface area (Å²) < 4.78 is 12.5. The number of amides is 1. The van der Waals surface area contributed by atoms with Gasteiger partial charge in [0.1, 0.15) is 42.2 Å². The van der Waals surface area contributed by atoms with Crippen molar-refractivity contribution < 1.29 is 44.6 Å². The second-order valence-corrected chi connectivity index (χ2v) is 9.92. The first kappa shape index (κ1) is 32.9. The lowest BCUT2D eigenvalue weighted by atomic mass is 9.99. The number of hydrogen-bond donors (Lipinski definition) is 8. The summed E-state index contributed by atoms with van der Waals surface area (Å²) in [6.07, 6.45) is -8.35. The molecule has 232 valence electrons. The van der Waals surface area contributed by atoms with E-state index in [0.29, 0.717) is 11.3 Å². The Morgan fingerprint density at radius 1 is 1.10 bits per heavy atom. The van der Waals surface area contributed by atoms with Gasteiger partial charge >= 0.3 is 11.7 Å². The van der Waals surface area contributed by atoms with Gasteiger partial charge in [0.15, 0.2) is 6.23 Å². The van der Waals surface area contributed by atoms with E-state index in [9.17, 15) is 44.7 Å². The van der Waals surface area contributed by atoms with Crippen LogP contribution in [-0.2, 0) is 20.9 Å². The van der Waals surface area contributed by atoms with Crippen LogP contribution >= 0.6 is 0 Å². The number of nitrogens with one attached hydrogen (secondary N) is 2. The summed E-state index contributed by atoms with van der Waals surface area (Å²) in [5.74, 6) is -1.49. The summed E-state index contributed by atoms with van der Waals surface area (Å²) >= 11 is 0. The molecule has 0 spiro atoms. The molecule has 1 fully saturated rings. The molecular formula is C26H37N5O11. The number of aliphatic hydroxyl groups is 4. The maximum atomic E-state index is 13.2. The van der Waals surface area contributed by atoms with E-state index in [4.69, 9.17) is 15.2 Å². The predicted molar refractivity (Wildman–Crippen MR) is 146 cm³/mol. The zero-order chi connectivity index (χ0) is 31.1. The lowest BCUT2D eigenvalue weighted by molar-refractivity contribution is -0.149. The van der Waals surface area contributed by atoms with Gasteiger partial charge in [0.2, 0.25) is 5.91 Å². The number of ether oxygens (including phenoxy) is 2. The molecule has 0 aliphatic carbocycles. The molecule has 16 heteroatoms. The quantitative estimate of drug-likeness (QED) is 0.0981. The number of rotatable bonds is 14. The van der Waals surface area contributed by atoms with Crippen LogP contribution in [0.4, 0.5) is 0 Å². The zero-order valence-electron chi connectivity index (χ0n) is 23.1. The van der Waals surface area contributed by atoms with E-state index in [0.717, 1.165) is 21.4 Å². The van der Waals surface area contributed by atoms with E-state index in [-0.39, 0.29) is 26.1 Å². The van der Waals surface area contributed by atoms with Gasteiger partial charge in [-0.15, -0.1) is 0 Å². The van der Waals surface area contributed by atoms with Crippen LogP contribution < -0.4 is 32.4 Å². The SMILES string of the molecule is COc1ccc(Cn2c(=O)ccn([C@@H]3OC([C@H](O)[C@H](NCCCNC(=O)[C@@H](N)[C@H](C)O)C(=O)O)[C@H](O)[C@H]3O)c2=O)cc1. The van der Waals surface area contributed by atoms with E-state index < -0.39 is 72.0 Å². The third-order valence-corrected chi connectivity index (χ3v) is 6.93. The third kappa shape index (κ3) is 7.60. The van der Waals surface area contributed by atoms with Gasteiger partial charge in [-0.3, -0.25) is 23.5 Å². The Kier molecular flexibility index (Phi) is 11.3. The number of aliphatic hydroxyl groups excluding tert-OH is 4. The van der Waals surface area contributed by atoms with Crippen LogP contribution in [0.1, 0.15) is 25.1 Å². The molecular weight excluding hydrogens is 558 g/mol. The Morgan fingerprint density at radius 3 is 2.36 bits per heavy atom. The molecule has 2 heterocycles. The third-order valence-electron chi connectivity index (χ3n) is 6.93. The van der Waals surface area contributed by atoms with Crippen LogP contribution in [0.15, 0.2) is 46.1 Å². The molecule has 1 amide bonds. The first-order valence-electron chi connectivity index (χ1n) is 13.2. The number of carbonyl (C=O) groups excluding carboxylic acids is 1. The molecule has 9 N–H and O–H groups in total. The Balaban J connectivity index is 1.69. The summed E-state index contributed by atoms with van der Waals surface area (Å²) in [5.41, 5.74) is 4.64. The Morgan fingerprint density at radius 2 is 1.76 bits per heavy atom. The lowest BCUT2D eigenvalue weighted by Gasteiger charge is -2.27. The van der Waals surface area contributed by atoms with E-state index in [1.54, 1.807) is 24.3 Å². The molecule has 16 nitrogen and oxygen atoms in total. The van der Waals surface area contributed by atoms with Gasteiger partial charge in [0.05, 0.1) is 19.8 Å². The average molecular weight is 596 g/mol. The number of methoxy groups -OCH3 is 1. The second kappa shape index (κ2) is 14.5. The summed E-state index contributed by atoms with van der Waals surface area (Å²) in [4.78, 5) is 49.4. The highest BCUT2D eigenvalue weighted by atomic mass is 16.6. The molecule has 1 aromatic carbocycles. The fraction of sp³-hybridized carbons (Fsp3) is 0.538. The van der Waals surface area contributed by atoms with Crippen molar-refractivity contribution in [1.82, 2.24) is 19.8 Å². The second-order valence-electron chi connectivity index (χ2n) is 9.92. The average Bonchev–Trinajstić information content (AvgIpc) is 3.25. The molecule has 3 rings (SSSR count). The van der Waals surface area contributed by atoms with Gasteiger partial charge in [-0.05, 0) is 37.6 Å². The van der Waals surface area contributed by atoms with Gasteiger partial charge in [0, 0.05) is 18.8 Å². The monoisotopic (exact) mass is 595 g/mol. The molecule has 0 saturated carbocycles. The summed E-state index contributed by atoms with van der Waals surface area (Å²) in [5, 5.41) is 56.2. The van der Waals surface area contributed by atoms with Crippen LogP contribution in [0.2, 0.25) is 0 Å². The standard InChI is InChI=1S/C26H37N5O11/c1-13(32)17(27)23(37)29-10-3-9-28-18(25(38)39)19(34)22-20(35)21(36)24(42-22)30-11-8-16(33)31(26(30)40)12-14-4-6-15(41-2)7-5-14/h4-8,11,13,17-22,24,28,32,34-36H,3,9-10,12,27H2,1-2H3,(H,29,37)(H,38,39)/t13-,17-,18-,19+,20+,21+,22?,24+/m0/s1. The number of carbonyl (C=O) groups is 2. The molecule has 42 heavy (non-hydrogen) atoms. The first-order chi connectivity index (χ1) is 19.9. The van der Waals surface area contributed by atoms with E-state index in [1.165, 1.54) is 14.0 Å². The van der Waals surface area contributed by atoms with Crippen molar-refractivity contribution in [1.29, 1.82) is 0 Å². The van der Waals surface area contributed by atoms with Crippen LogP contribution in [-0.4, -0.2) is 109 Å². The normalized spacial score (nSPS) is 23.1. The number of aliphatic carboxylic acids is 1. The highest BCUT2D eigenvalue weighted by molar-refractivity contribution is 5.82. The molecule has 0 radical (unpaired) electrons. The van der Waals surface area contributed by atoms with Gasteiger partial charge in [-0.1, -0.05) is 12.1 Å². The minimum absolute atomic E-state index is 0.00278. The summed E-state index contributed by atoms with van der Waals surface area (Å²) in [6.45, 7) is 1.34. The van der Waals surface area contributed by atoms with Crippen molar-refractivity contribution in [2.75, 3.05) is 20.2 Å². The van der Waals surface area contributed by atoms with Gasteiger partial charge < -0.3 is 51.4 Å². The highest BCUT2D eigenvalue weighted by Crippen LogP contribution is 2.31. The Bertz CT molecular complexity index is 1330. The molecule has 1 aliphatic heterocycles. The number of benzene rings is 1. The largest absolute Gasteiger partial charge is 0.497 e. The van der Waals surface area contributed by atoms with Crippen LogP contribution in [0.3, 0.4) is 0 Å². The van der Waals surface area contributed by atoms with Gasteiger partial charge in [-0.2, -0.15) is 0 Å². The number of carboxylic acids is 1. The summed E-state index contributed by atoms with van der Waals surface area (Å²) in [6, 6.07) is 4.93. The van der Waals surface area contributed by atoms with Crippen molar-refractivity contribution in [2.45, 2.75) is 68.7 Å². The number of nitrogens with zero attached hydrogens (tertiary/aromatic N) is 2. The number of nitrogens with two attached hydrogens (primary N) is 1. The zero-order valence-corrected chi connectivity index (χ0v) is 23.1. The predicted octanol–water partition coefficient (Wildman–Crippen LogP) is -3.70. The molecule has 1 saturated heterocycles. The van der Waals surface area contributed by atoms with Crippen LogP contribution in [0.25, 0.3) is 0 Å². The molecule has 8 atom stereocenters. The van der Waals surface area contributed by atoms with Crippen LogP contribution in [0, 0.1) is 0 Å². The Labute approximate surface area is 239 Å². The van der Waals surface area contributed by atoms with Crippen molar-refractivity contribution in [3.8, 4) is 5.75 Å². The first-order valence-corrected chi connectivity index (χ1v) is 13.2. The molecule has 1 aliphatic rings. The smallest absolute Gasteiger partial charge is 0.333 e. The number of carboxylic acid groups (broad SMARTS) is 1. The van der Waals surface area contributed by atoms with E-state index >= 15 is 0 Å². The topological polar surface area (TPSA) is 248 Å². The molecule has 0 bridgehead atoms. The highest BCUT2D eigenvalue weighted by Gasteiger charge is 2.50. The number of aromatic nitrogens is 2. The van der Waals surface area contributed by atoms with Crippen molar-refractivity contribution in [3.63, 3.8) is 0 Å². The number of hydrogen-bond acceptors (Lipinski definition) is 12. The molecule has 1 aromatic heterocycles. The van der Waals surface area contributed by atoms with Gasteiger partial charge in [-0.25, -0.2) is 4.79 Å². The minimum Gasteiger partial charge on any atom is -0.497 e. The van der Waals surface area contributed by atoms with Crippen molar-refractivity contribution >= 4 is 11.9 Å². The molecule has 1 unspecified atom stereocenters. The fourth-order valence-electron chi connectivity index (χ4n) is 4.42. The van der Waals surface area contributed by atoms with Gasteiger partial charge in [0.25, 0.3) is 5.56 Å². The fourth-order valence-corrected chi connectivity index (χ4v) is 4.42. The van der Waals surface area contributed by atoms with Crippen molar-refractivity contribution in [3.05, 3.63) is 62.9 Å². The molecule has 2 aromatic rings. The van der Waals surface area contributed by atoms with E-state index in [1.807, 2.05) is 0 Å². The summed E-state index contributed by atoms with van der Waals surface area (Å²) in [7, 11) is 1.50. The maximum Gasteiger partial charge on any atom is 0.333 e. The lowest BCUT2D eigenvalue weighted by Crippen LogP contribution is -2.54. The van der Waals surface area contributed by atoms with Crippen molar-refractivity contribution in [2.24, 2.45) is 5.73 Å². The Hall–Kier alpha value is -3.64. The van der Waals surface area contributed by atoms with Crippen LogP contribution in [0.5, 0.6) is 5.75 Å². The minimum atomic E-state index is -1.88. The maximum absolute atomic E-state index is 13.2. The van der Waals surface area contributed by atoms with E-state index in [2.05, 4.69) is 10.6 Å².